The third-order valence-electron chi connectivity index (χ3n) is 16.3. The van der Waals surface area contributed by atoms with E-state index in [-0.39, 0.29) is 41.8 Å². The number of nitrogens with zero attached hydrogens (tertiary/aromatic N) is 5. The number of fused-ring (bicyclic) bond motifs is 6. The molecule has 0 N–H and O–H groups in total. The summed E-state index contributed by atoms with van der Waals surface area (Å²) in [5.74, 6) is 0. The average molecular weight is 1420 g/mol. The second-order valence-corrected chi connectivity index (χ2v) is 29.6. The van der Waals surface area contributed by atoms with Crippen molar-refractivity contribution in [1.29, 1.82) is 0 Å². The molecule has 0 spiro atoms. The van der Waals surface area contributed by atoms with E-state index in [1.54, 1.807) is 18.6 Å². The Labute approximate surface area is 578 Å². The molecule has 14 aromatic rings. The van der Waals surface area contributed by atoms with Crippen molar-refractivity contribution in [3.63, 3.8) is 0 Å². The summed E-state index contributed by atoms with van der Waals surface area (Å²) in [4.78, 5) is 12.7. The van der Waals surface area contributed by atoms with Gasteiger partial charge in [-0.05, 0) is 189 Å². The Morgan fingerprint density at radius 3 is 0.747 bits per heavy atom. The van der Waals surface area contributed by atoms with E-state index < -0.39 is 0 Å². The minimum Gasteiger partial charge on any atom is -0.309 e. The monoisotopic (exact) mass is 1420 g/mol. The first kappa shape index (κ1) is 68.5. The fourth-order valence-electron chi connectivity index (χ4n) is 12.5. The van der Waals surface area contributed by atoms with Crippen LogP contribution in [0.2, 0.25) is 0 Å². The minimum atomic E-state index is 0. The number of pyridine rings is 3. The van der Waals surface area contributed by atoms with Crippen LogP contribution in [0.15, 0.2) is 267 Å². The summed E-state index contributed by atoms with van der Waals surface area (Å²) in [5.41, 5.74) is 22.4. The molecule has 6 heteroatoms. The smallest absolute Gasteiger partial charge is 0.309 e. The van der Waals surface area contributed by atoms with Crippen LogP contribution in [0, 0.1) is 39.9 Å². The average Bonchev–Trinajstić information content (AvgIpc) is 1.60. The maximum Gasteiger partial charge on any atom is 3.00 e. The molecule has 5 heterocycles. The molecule has 0 unspecified atom stereocenters. The first-order chi connectivity index (χ1) is 45.1. The van der Waals surface area contributed by atoms with E-state index in [1.807, 2.05) is 127 Å². The molecule has 0 aliphatic carbocycles. The number of hydrogen-bond acceptors (Lipinski definition) is 3. The Morgan fingerprint density at radius 1 is 0.284 bits per heavy atom. The fraction of sp³-hybridized carbons (Fsp3) is 0.225. The number of aromatic nitrogens is 5. The van der Waals surface area contributed by atoms with E-state index >= 15 is 0 Å². The van der Waals surface area contributed by atoms with Crippen molar-refractivity contribution < 1.29 is 20.1 Å². The zero-order chi connectivity index (χ0) is 66.0. The van der Waals surface area contributed by atoms with Gasteiger partial charge in [0.05, 0.1) is 22.1 Å². The topological polar surface area (TPSA) is 48.5 Å². The first-order valence-electron chi connectivity index (χ1n) is 33.1. The SMILES string of the molecule is CC(C)(C)Cc1ccc2c(c1)c1cc(CC(C)(C)C)ccc1n2-c1ccc(-c2ccc(-n3c4ccc(CC(C)(C)C)cc4c4cc(CC(C)(C)C)ccc43)cc2)cc1.[Ir+3].[c-]1ccccc1-c1ccccn1.[c-]1ccccc1-c1ccccn1.[c-]1ccccc1-c1ccccn1. The Morgan fingerprint density at radius 2 is 0.537 bits per heavy atom. The van der Waals surface area contributed by atoms with E-state index in [2.05, 4.69) is 247 Å². The van der Waals surface area contributed by atoms with Crippen molar-refractivity contribution in [2.24, 2.45) is 21.7 Å². The van der Waals surface area contributed by atoms with Gasteiger partial charge in [-0.15, -0.1) is 108 Å². The summed E-state index contributed by atoms with van der Waals surface area (Å²) >= 11 is 0. The predicted molar refractivity (Wildman–Crippen MR) is 399 cm³/mol. The van der Waals surface area contributed by atoms with Crippen molar-refractivity contribution in [3.05, 3.63) is 308 Å². The Bertz CT molecular complexity index is 4110. The Kier molecular flexibility index (Phi) is 21.6. The van der Waals surface area contributed by atoms with Crippen molar-refractivity contribution in [1.82, 2.24) is 24.1 Å². The van der Waals surface area contributed by atoms with Crippen LogP contribution < -0.4 is 0 Å². The largest absolute Gasteiger partial charge is 3.00 e. The molecule has 9 aromatic carbocycles. The van der Waals surface area contributed by atoms with Crippen LogP contribution in [0.5, 0.6) is 0 Å². The molecule has 0 atom stereocenters. The van der Waals surface area contributed by atoms with Crippen LogP contribution in [-0.2, 0) is 45.8 Å². The van der Waals surface area contributed by atoms with Crippen LogP contribution in [-0.4, -0.2) is 24.1 Å². The van der Waals surface area contributed by atoms with Gasteiger partial charge >= 0.3 is 20.1 Å². The van der Waals surface area contributed by atoms with Gasteiger partial charge in [-0.25, -0.2) is 0 Å². The van der Waals surface area contributed by atoms with Crippen LogP contribution >= 0.6 is 0 Å². The second-order valence-electron chi connectivity index (χ2n) is 29.6. The van der Waals surface area contributed by atoms with Gasteiger partial charge in [0.15, 0.2) is 0 Å². The standard InChI is InChI=1S/C56H64N2.3C11H8N.Ir/c1-53(2,3)33-37-13-25-49-45(29-37)46-30-38(34-54(4,5)6)14-26-50(46)57(49)43-21-17-41(18-22-43)42-19-23-44(24-20-42)58-51-27-15-39(35-55(7,8)9)31-47(51)48-32-40(16-28-52(48)58)36-56(10,11)12;3*1-2-6-10(7-3-1)11-8-4-5-9-12-11;/h13-32H,33-36H2,1-12H3;3*1-6,8-9H;/q;3*-1;+3. The molecule has 478 valence electrons. The van der Waals surface area contributed by atoms with Crippen LogP contribution in [0.25, 0.3) is 99.9 Å². The summed E-state index contributed by atoms with van der Waals surface area (Å²) in [7, 11) is 0. The summed E-state index contributed by atoms with van der Waals surface area (Å²) in [6.07, 6.45) is 9.58. The van der Waals surface area contributed by atoms with Crippen LogP contribution in [0.1, 0.15) is 105 Å². The molecule has 5 nitrogen and oxygen atoms in total. The third kappa shape index (κ3) is 18.1. The maximum absolute atomic E-state index is 4.22. The number of benzene rings is 9. The van der Waals surface area contributed by atoms with Crippen molar-refractivity contribution in [2.45, 2.75) is 109 Å². The van der Waals surface area contributed by atoms with Gasteiger partial charge in [-0.1, -0.05) is 168 Å². The summed E-state index contributed by atoms with van der Waals surface area (Å²) < 4.78 is 4.92. The van der Waals surface area contributed by atoms with E-state index in [4.69, 9.17) is 0 Å². The van der Waals surface area contributed by atoms with E-state index in [0.29, 0.717) is 0 Å². The molecule has 0 amide bonds. The Hall–Kier alpha value is -9.32. The number of rotatable bonds is 10. The van der Waals surface area contributed by atoms with Gasteiger partial charge in [0.1, 0.15) is 0 Å². The quantitative estimate of drug-likeness (QED) is 0.128. The van der Waals surface area contributed by atoms with Gasteiger partial charge in [0.25, 0.3) is 0 Å². The molecular weight excluding hydrogens is 1330 g/mol. The fourth-order valence-corrected chi connectivity index (χ4v) is 12.5. The molecular formula is C89H88IrN5. The van der Waals surface area contributed by atoms with Gasteiger partial charge in [0.2, 0.25) is 0 Å². The third-order valence-corrected chi connectivity index (χ3v) is 16.3. The normalized spacial score (nSPS) is 11.7. The van der Waals surface area contributed by atoms with Crippen LogP contribution in [0.4, 0.5) is 0 Å². The second kappa shape index (κ2) is 30.0. The zero-order valence-corrected chi connectivity index (χ0v) is 59.7. The maximum atomic E-state index is 4.22. The first-order valence-corrected chi connectivity index (χ1v) is 33.1. The zero-order valence-electron chi connectivity index (χ0n) is 57.3. The van der Waals surface area contributed by atoms with Crippen LogP contribution in [0.3, 0.4) is 0 Å². The van der Waals surface area contributed by atoms with E-state index in [9.17, 15) is 0 Å². The van der Waals surface area contributed by atoms with Gasteiger partial charge in [-0.2, -0.15) is 0 Å². The molecule has 0 saturated heterocycles. The predicted octanol–water partition coefficient (Wildman–Crippen LogP) is 23.5. The summed E-state index contributed by atoms with van der Waals surface area (Å²) in [6, 6.07) is 97.3. The molecule has 0 saturated carbocycles. The summed E-state index contributed by atoms with van der Waals surface area (Å²) in [5, 5.41) is 5.36. The van der Waals surface area contributed by atoms with Gasteiger partial charge in [0, 0.05) is 51.5 Å². The molecule has 0 radical (unpaired) electrons. The van der Waals surface area contributed by atoms with Crippen molar-refractivity contribution in [3.8, 4) is 56.3 Å². The Balaban J connectivity index is 0.000000211. The molecule has 5 aromatic heterocycles. The van der Waals surface area contributed by atoms with Crippen molar-refractivity contribution >= 4 is 43.6 Å². The van der Waals surface area contributed by atoms with Crippen molar-refractivity contribution in [2.75, 3.05) is 0 Å². The number of hydrogen-bond donors (Lipinski definition) is 0. The van der Waals surface area contributed by atoms with Gasteiger partial charge in [-0.3, -0.25) is 0 Å². The van der Waals surface area contributed by atoms with E-state index in [1.165, 1.54) is 88.4 Å². The molecule has 0 fully saturated rings. The molecule has 95 heavy (non-hydrogen) atoms. The molecule has 0 bridgehead atoms. The molecule has 0 aliphatic heterocycles. The minimum absolute atomic E-state index is 0. The molecule has 14 rings (SSSR count). The van der Waals surface area contributed by atoms with E-state index in [0.717, 1.165) is 59.5 Å². The molecule has 0 aliphatic rings. The summed E-state index contributed by atoms with van der Waals surface area (Å²) in [6.45, 7) is 27.9. The van der Waals surface area contributed by atoms with Gasteiger partial charge < -0.3 is 24.1 Å².